The molecule has 0 fully saturated rings. The van der Waals surface area contributed by atoms with Crippen LogP contribution in [0.4, 0.5) is 5.69 Å². The summed E-state index contributed by atoms with van der Waals surface area (Å²) in [5.74, 6) is 1.49. The van der Waals surface area contributed by atoms with Crippen LogP contribution in [0, 0.1) is 0 Å². The first-order chi connectivity index (χ1) is 9.72. The summed E-state index contributed by atoms with van der Waals surface area (Å²) in [5.41, 5.74) is 2.10. The topological polar surface area (TPSA) is 56.3 Å². The van der Waals surface area contributed by atoms with Gasteiger partial charge in [-0.1, -0.05) is 6.07 Å². The van der Waals surface area contributed by atoms with E-state index in [0.29, 0.717) is 0 Å². The van der Waals surface area contributed by atoms with Crippen LogP contribution in [0.3, 0.4) is 0 Å². The normalized spacial score (nSPS) is 11.8. The molecule has 1 N–H and O–H groups in total. The van der Waals surface area contributed by atoms with Crippen molar-refractivity contribution in [1.29, 1.82) is 0 Å². The van der Waals surface area contributed by atoms with Crippen LogP contribution in [0.5, 0.6) is 11.5 Å². The predicted octanol–water partition coefficient (Wildman–Crippen LogP) is 2.54. The molecule has 5 nitrogen and oxygen atoms in total. The van der Waals surface area contributed by atoms with Crippen molar-refractivity contribution in [3.63, 3.8) is 0 Å². The molecule has 1 aromatic heterocycles. The smallest absolute Gasteiger partial charge is 0.160 e. The first-order valence-electron chi connectivity index (χ1n) is 6.45. The Labute approximate surface area is 119 Å². The van der Waals surface area contributed by atoms with Gasteiger partial charge < -0.3 is 14.8 Å². The van der Waals surface area contributed by atoms with Gasteiger partial charge in [-0.15, -0.1) is 0 Å². The maximum absolute atomic E-state index is 5.31. The summed E-state index contributed by atoms with van der Waals surface area (Å²) in [6.07, 6.45) is 5.91. The van der Waals surface area contributed by atoms with Crippen LogP contribution in [-0.2, 0) is 6.42 Å². The maximum atomic E-state index is 5.31. The Morgan fingerprint density at radius 3 is 2.45 bits per heavy atom. The summed E-state index contributed by atoms with van der Waals surface area (Å²) >= 11 is 0. The van der Waals surface area contributed by atoms with Crippen molar-refractivity contribution in [1.82, 2.24) is 9.97 Å². The molecule has 1 heterocycles. The second-order valence-corrected chi connectivity index (χ2v) is 4.57. The second kappa shape index (κ2) is 6.75. The van der Waals surface area contributed by atoms with Gasteiger partial charge in [0.1, 0.15) is 6.33 Å². The fraction of sp³-hybridized carbons (Fsp3) is 0.333. The van der Waals surface area contributed by atoms with E-state index in [4.69, 9.17) is 9.47 Å². The summed E-state index contributed by atoms with van der Waals surface area (Å²) in [7, 11) is 3.28. The van der Waals surface area contributed by atoms with E-state index in [1.54, 1.807) is 26.6 Å². The number of hydrogen-bond acceptors (Lipinski definition) is 5. The van der Waals surface area contributed by atoms with Crippen LogP contribution in [0.15, 0.2) is 36.9 Å². The third-order valence-electron chi connectivity index (χ3n) is 2.96. The molecule has 0 aliphatic carbocycles. The minimum absolute atomic E-state index is 0.263. The molecule has 1 atom stereocenters. The molecular formula is C15H19N3O2. The molecule has 0 bridgehead atoms. The van der Waals surface area contributed by atoms with Crippen molar-refractivity contribution in [3.8, 4) is 11.5 Å². The van der Waals surface area contributed by atoms with Crippen LogP contribution in [0.25, 0.3) is 0 Å². The van der Waals surface area contributed by atoms with Crippen molar-refractivity contribution in [3.05, 3.63) is 42.5 Å². The number of nitrogens with zero attached hydrogens (tertiary/aromatic N) is 2. The predicted molar refractivity (Wildman–Crippen MR) is 78.4 cm³/mol. The van der Waals surface area contributed by atoms with E-state index in [9.17, 15) is 0 Å². The quantitative estimate of drug-likeness (QED) is 0.876. The molecule has 1 unspecified atom stereocenters. The lowest BCUT2D eigenvalue weighted by Gasteiger charge is -2.16. The molecule has 5 heteroatoms. The number of anilines is 1. The van der Waals surface area contributed by atoms with Gasteiger partial charge in [-0.25, -0.2) is 9.97 Å². The summed E-state index contributed by atoms with van der Waals surface area (Å²) in [5, 5.41) is 3.36. The van der Waals surface area contributed by atoms with Crippen molar-refractivity contribution in [2.45, 2.75) is 19.4 Å². The van der Waals surface area contributed by atoms with Crippen LogP contribution < -0.4 is 14.8 Å². The van der Waals surface area contributed by atoms with E-state index in [1.807, 2.05) is 18.2 Å². The average Bonchev–Trinajstić information content (AvgIpc) is 2.48. The van der Waals surface area contributed by atoms with Gasteiger partial charge in [0.25, 0.3) is 0 Å². The Hall–Kier alpha value is -2.30. The fourth-order valence-electron chi connectivity index (χ4n) is 2.07. The number of methoxy groups -OCH3 is 2. The first kappa shape index (κ1) is 14.1. The van der Waals surface area contributed by atoms with Crippen LogP contribution in [-0.4, -0.2) is 30.2 Å². The number of rotatable bonds is 6. The largest absolute Gasteiger partial charge is 0.493 e. The van der Waals surface area contributed by atoms with Gasteiger partial charge in [0.2, 0.25) is 0 Å². The fourth-order valence-corrected chi connectivity index (χ4v) is 2.07. The number of nitrogens with one attached hydrogen (secondary N) is 1. The van der Waals surface area contributed by atoms with E-state index >= 15 is 0 Å². The van der Waals surface area contributed by atoms with E-state index < -0.39 is 0 Å². The molecule has 2 aromatic rings. The lowest BCUT2D eigenvalue weighted by molar-refractivity contribution is 0.354. The number of ether oxygens (including phenoxy) is 2. The van der Waals surface area contributed by atoms with Crippen molar-refractivity contribution in [2.24, 2.45) is 0 Å². The van der Waals surface area contributed by atoms with Crippen molar-refractivity contribution >= 4 is 5.69 Å². The van der Waals surface area contributed by atoms with Gasteiger partial charge in [-0.05, 0) is 31.0 Å². The third kappa shape index (κ3) is 3.60. The Balaban J connectivity index is 2.02. The highest BCUT2D eigenvalue weighted by atomic mass is 16.5. The van der Waals surface area contributed by atoms with Gasteiger partial charge in [0.15, 0.2) is 11.5 Å². The van der Waals surface area contributed by atoms with Gasteiger partial charge in [0.05, 0.1) is 32.3 Å². The SMILES string of the molecule is COc1ccc(CC(C)Nc2cncnc2)cc1OC. The van der Waals surface area contributed by atoms with E-state index in [-0.39, 0.29) is 6.04 Å². The molecule has 0 amide bonds. The third-order valence-corrected chi connectivity index (χ3v) is 2.96. The molecule has 0 aliphatic heterocycles. The standard InChI is InChI=1S/C15H19N3O2/c1-11(18-13-8-16-10-17-9-13)6-12-4-5-14(19-2)15(7-12)20-3/h4-5,7-11,18H,6H2,1-3H3. The van der Waals surface area contributed by atoms with Crippen molar-refractivity contribution in [2.75, 3.05) is 19.5 Å². The van der Waals surface area contributed by atoms with E-state index in [0.717, 1.165) is 23.6 Å². The minimum atomic E-state index is 0.263. The Morgan fingerprint density at radius 2 is 1.80 bits per heavy atom. The molecule has 0 saturated heterocycles. The Kier molecular flexibility index (Phi) is 4.76. The zero-order chi connectivity index (χ0) is 14.4. The molecule has 0 spiro atoms. The summed E-state index contributed by atoms with van der Waals surface area (Å²) in [6, 6.07) is 6.23. The number of benzene rings is 1. The molecule has 2 rings (SSSR count). The lowest BCUT2D eigenvalue weighted by Crippen LogP contribution is -2.18. The second-order valence-electron chi connectivity index (χ2n) is 4.57. The van der Waals surface area contributed by atoms with Gasteiger partial charge >= 0.3 is 0 Å². The van der Waals surface area contributed by atoms with Gasteiger partial charge in [-0.2, -0.15) is 0 Å². The molecular weight excluding hydrogens is 254 g/mol. The molecule has 106 valence electrons. The molecule has 0 aliphatic rings. The molecule has 0 saturated carbocycles. The summed E-state index contributed by atoms with van der Waals surface area (Å²) < 4.78 is 10.5. The maximum Gasteiger partial charge on any atom is 0.160 e. The van der Waals surface area contributed by atoms with Crippen molar-refractivity contribution < 1.29 is 9.47 Å². The molecule has 1 aromatic carbocycles. The lowest BCUT2D eigenvalue weighted by atomic mass is 10.1. The van der Waals surface area contributed by atoms with Crippen LogP contribution in [0.1, 0.15) is 12.5 Å². The molecule has 20 heavy (non-hydrogen) atoms. The van der Waals surface area contributed by atoms with Crippen LogP contribution >= 0.6 is 0 Å². The highest BCUT2D eigenvalue weighted by Gasteiger charge is 2.08. The number of aromatic nitrogens is 2. The first-order valence-corrected chi connectivity index (χ1v) is 6.45. The average molecular weight is 273 g/mol. The minimum Gasteiger partial charge on any atom is -0.493 e. The Morgan fingerprint density at radius 1 is 1.10 bits per heavy atom. The van der Waals surface area contributed by atoms with E-state index in [2.05, 4.69) is 22.2 Å². The Bertz CT molecular complexity index is 546. The van der Waals surface area contributed by atoms with Gasteiger partial charge in [0, 0.05) is 6.04 Å². The highest BCUT2D eigenvalue weighted by molar-refractivity contribution is 5.44. The summed E-state index contributed by atoms with van der Waals surface area (Å²) in [6.45, 7) is 2.11. The molecule has 0 radical (unpaired) electrons. The monoisotopic (exact) mass is 273 g/mol. The zero-order valence-electron chi connectivity index (χ0n) is 12.0. The van der Waals surface area contributed by atoms with Gasteiger partial charge in [-0.3, -0.25) is 0 Å². The van der Waals surface area contributed by atoms with E-state index in [1.165, 1.54) is 11.9 Å². The zero-order valence-corrected chi connectivity index (χ0v) is 12.0. The summed E-state index contributed by atoms with van der Waals surface area (Å²) in [4.78, 5) is 7.97. The highest BCUT2D eigenvalue weighted by Crippen LogP contribution is 2.28. The number of hydrogen-bond donors (Lipinski definition) is 1. The van der Waals surface area contributed by atoms with Crippen LogP contribution in [0.2, 0.25) is 0 Å².